The lowest BCUT2D eigenvalue weighted by Crippen LogP contribution is -2.58. The Labute approximate surface area is 167 Å². The first-order valence-electron chi connectivity index (χ1n) is 10.1. The number of methoxy groups -OCH3 is 2. The minimum absolute atomic E-state index is 0.206. The number of likely N-dealkylation sites (tertiary alicyclic amines) is 1. The largest absolute Gasteiger partial charge is 0.497 e. The molecule has 150 valence electrons. The molecule has 1 aliphatic heterocycles. The summed E-state index contributed by atoms with van der Waals surface area (Å²) in [4.78, 5) is 7.07. The molecule has 28 heavy (non-hydrogen) atoms. The van der Waals surface area contributed by atoms with Crippen LogP contribution in [0.25, 0.3) is 0 Å². The van der Waals surface area contributed by atoms with Crippen LogP contribution in [0, 0.1) is 18.8 Å². The summed E-state index contributed by atoms with van der Waals surface area (Å²) < 4.78 is 10.9. The van der Waals surface area contributed by atoms with Gasteiger partial charge in [0.15, 0.2) is 0 Å². The lowest BCUT2D eigenvalue weighted by atomic mass is 9.63. The van der Waals surface area contributed by atoms with Gasteiger partial charge in [-0.05, 0) is 37.5 Å². The van der Waals surface area contributed by atoms with Gasteiger partial charge in [0.2, 0.25) is 0 Å². The number of benzene rings is 1. The van der Waals surface area contributed by atoms with E-state index in [1.807, 2.05) is 24.4 Å². The van der Waals surface area contributed by atoms with Gasteiger partial charge in [0.25, 0.3) is 0 Å². The zero-order valence-corrected chi connectivity index (χ0v) is 17.0. The summed E-state index contributed by atoms with van der Waals surface area (Å²) in [5, 5.41) is 11.8. The van der Waals surface area contributed by atoms with Gasteiger partial charge in [0.1, 0.15) is 17.1 Å². The van der Waals surface area contributed by atoms with Crippen LogP contribution in [0.4, 0.5) is 0 Å². The fraction of sp³-hybridized carbons (Fsp3) is 0.522. The van der Waals surface area contributed by atoms with Crippen LogP contribution in [-0.2, 0) is 12.1 Å². The van der Waals surface area contributed by atoms with Gasteiger partial charge in [-0.25, -0.2) is 0 Å². The summed E-state index contributed by atoms with van der Waals surface area (Å²) in [5.74, 6) is 2.07. The highest BCUT2D eigenvalue weighted by molar-refractivity contribution is 5.40. The van der Waals surface area contributed by atoms with E-state index in [0.29, 0.717) is 0 Å². The van der Waals surface area contributed by atoms with Gasteiger partial charge in [-0.2, -0.15) is 0 Å². The molecule has 0 amide bonds. The maximum absolute atomic E-state index is 11.8. The average Bonchev–Trinajstić information content (AvgIpc) is 2.69. The predicted octanol–water partition coefficient (Wildman–Crippen LogP) is 3.53. The Hall–Kier alpha value is -2.11. The molecule has 2 fully saturated rings. The Morgan fingerprint density at radius 2 is 1.89 bits per heavy atom. The van der Waals surface area contributed by atoms with Crippen LogP contribution in [0.5, 0.6) is 11.5 Å². The van der Waals surface area contributed by atoms with Crippen LogP contribution in [0.3, 0.4) is 0 Å². The molecule has 1 saturated carbocycles. The van der Waals surface area contributed by atoms with E-state index >= 15 is 0 Å². The van der Waals surface area contributed by atoms with E-state index in [-0.39, 0.29) is 11.8 Å². The molecule has 2 aliphatic rings. The van der Waals surface area contributed by atoms with E-state index in [1.165, 1.54) is 6.42 Å². The first-order valence-corrected chi connectivity index (χ1v) is 10.1. The van der Waals surface area contributed by atoms with Crippen molar-refractivity contribution >= 4 is 0 Å². The summed E-state index contributed by atoms with van der Waals surface area (Å²) in [5.41, 5.74) is 2.31. The number of fused-ring (bicyclic) bond motifs is 2. The second-order valence-electron chi connectivity index (χ2n) is 8.19. The molecule has 1 aromatic carbocycles. The van der Waals surface area contributed by atoms with Crippen LogP contribution in [0.15, 0.2) is 36.5 Å². The fourth-order valence-corrected chi connectivity index (χ4v) is 5.19. The SMILES string of the molecule is COc1ccc(CN2C[C@H]3CCC[C@H](C2)C3(O)c2ncccc2C)c(OC)c1. The summed E-state index contributed by atoms with van der Waals surface area (Å²) in [7, 11) is 3.37. The third-order valence-electron chi connectivity index (χ3n) is 6.58. The Kier molecular flexibility index (Phi) is 5.30. The van der Waals surface area contributed by atoms with Crippen molar-refractivity contribution in [3.63, 3.8) is 0 Å². The predicted molar refractivity (Wildman–Crippen MR) is 109 cm³/mol. The number of aliphatic hydroxyl groups is 1. The molecule has 5 heteroatoms. The highest BCUT2D eigenvalue weighted by atomic mass is 16.5. The van der Waals surface area contributed by atoms with Gasteiger partial charge in [-0.1, -0.05) is 18.6 Å². The molecule has 4 rings (SSSR count). The molecule has 0 unspecified atom stereocenters. The van der Waals surface area contributed by atoms with Gasteiger partial charge in [0, 0.05) is 49.3 Å². The number of hydrogen-bond donors (Lipinski definition) is 1. The minimum atomic E-state index is -0.815. The van der Waals surface area contributed by atoms with Crippen LogP contribution in [-0.4, -0.2) is 42.3 Å². The number of nitrogens with zero attached hydrogens (tertiary/aromatic N) is 2. The zero-order chi connectivity index (χ0) is 19.7. The molecular weight excluding hydrogens is 352 g/mol. The van der Waals surface area contributed by atoms with Crippen LogP contribution in [0.1, 0.15) is 36.1 Å². The highest BCUT2D eigenvalue weighted by Gasteiger charge is 2.52. The normalized spacial score (nSPS) is 27.4. The smallest absolute Gasteiger partial charge is 0.127 e. The molecule has 0 radical (unpaired) electrons. The maximum atomic E-state index is 11.8. The number of piperidine rings is 1. The number of rotatable bonds is 5. The van der Waals surface area contributed by atoms with Crippen molar-refractivity contribution in [1.29, 1.82) is 0 Å². The van der Waals surface area contributed by atoms with Crippen molar-refractivity contribution in [2.75, 3.05) is 27.3 Å². The molecule has 2 heterocycles. The van der Waals surface area contributed by atoms with Crippen LogP contribution < -0.4 is 9.47 Å². The van der Waals surface area contributed by atoms with Gasteiger partial charge in [-0.3, -0.25) is 9.88 Å². The molecule has 2 atom stereocenters. The quantitative estimate of drug-likeness (QED) is 0.857. The van der Waals surface area contributed by atoms with Gasteiger partial charge < -0.3 is 14.6 Å². The molecule has 2 aromatic rings. The fourth-order valence-electron chi connectivity index (χ4n) is 5.19. The zero-order valence-electron chi connectivity index (χ0n) is 17.0. The molecule has 1 aromatic heterocycles. The number of aromatic nitrogens is 1. The lowest BCUT2D eigenvalue weighted by Gasteiger charge is -2.53. The maximum Gasteiger partial charge on any atom is 0.127 e. The topological polar surface area (TPSA) is 54.8 Å². The molecule has 0 spiro atoms. The highest BCUT2D eigenvalue weighted by Crippen LogP contribution is 2.49. The number of ether oxygens (including phenoxy) is 2. The van der Waals surface area contributed by atoms with E-state index in [1.54, 1.807) is 14.2 Å². The third kappa shape index (κ3) is 3.27. The van der Waals surface area contributed by atoms with Gasteiger partial charge >= 0.3 is 0 Å². The Morgan fingerprint density at radius 3 is 2.54 bits per heavy atom. The number of hydrogen-bond acceptors (Lipinski definition) is 5. The number of aryl methyl sites for hydroxylation is 1. The van der Waals surface area contributed by atoms with Crippen molar-refractivity contribution in [2.45, 2.75) is 38.3 Å². The lowest BCUT2D eigenvalue weighted by molar-refractivity contribution is -0.151. The standard InChI is InChI=1S/C23H30N2O3/c1-16-6-5-11-24-22(16)23(26)18-7-4-8-19(23)15-25(14-18)13-17-9-10-20(27-2)12-21(17)28-3/h5-6,9-12,18-19,26H,4,7-8,13-15H2,1-3H3/t18-,19-/m1/s1. The van der Waals surface area contributed by atoms with Crippen molar-refractivity contribution in [2.24, 2.45) is 11.8 Å². The van der Waals surface area contributed by atoms with E-state index in [0.717, 1.165) is 60.8 Å². The number of pyridine rings is 1. The first kappa shape index (κ1) is 19.2. The van der Waals surface area contributed by atoms with Crippen LogP contribution >= 0.6 is 0 Å². The first-order chi connectivity index (χ1) is 13.6. The minimum Gasteiger partial charge on any atom is -0.497 e. The van der Waals surface area contributed by atoms with Crippen molar-refractivity contribution in [3.8, 4) is 11.5 Å². The van der Waals surface area contributed by atoms with Gasteiger partial charge in [0.05, 0.1) is 19.9 Å². The Balaban J connectivity index is 1.58. The van der Waals surface area contributed by atoms with E-state index in [2.05, 4.69) is 28.9 Å². The summed E-state index contributed by atoms with van der Waals surface area (Å²) in [6.07, 6.45) is 5.08. The van der Waals surface area contributed by atoms with E-state index in [9.17, 15) is 5.11 Å². The Bertz CT molecular complexity index is 824. The molecule has 1 N–H and O–H groups in total. The Morgan fingerprint density at radius 1 is 1.14 bits per heavy atom. The molecule has 2 bridgehead atoms. The van der Waals surface area contributed by atoms with E-state index < -0.39 is 5.60 Å². The summed E-state index contributed by atoms with van der Waals surface area (Å²) >= 11 is 0. The molecule has 1 aliphatic carbocycles. The van der Waals surface area contributed by atoms with Crippen molar-refractivity contribution < 1.29 is 14.6 Å². The summed E-state index contributed by atoms with van der Waals surface area (Å²) in [6, 6.07) is 10.0. The van der Waals surface area contributed by atoms with Crippen molar-refractivity contribution in [1.82, 2.24) is 9.88 Å². The van der Waals surface area contributed by atoms with E-state index in [4.69, 9.17) is 9.47 Å². The second kappa shape index (κ2) is 7.72. The molecule has 1 saturated heterocycles. The molecular formula is C23H30N2O3. The third-order valence-corrected chi connectivity index (χ3v) is 6.58. The molecule has 5 nitrogen and oxygen atoms in total. The van der Waals surface area contributed by atoms with Crippen LogP contribution in [0.2, 0.25) is 0 Å². The summed E-state index contributed by atoms with van der Waals surface area (Å²) in [6.45, 7) is 4.62. The van der Waals surface area contributed by atoms with Crippen molar-refractivity contribution in [3.05, 3.63) is 53.3 Å². The second-order valence-corrected chi connectivity index (χ2v) is 8.19. The monoisotopic (exact) mass is 382 g/mol. The average molecular weight is 383 g/mol. The van der Waals surface area contributed by atoms with Gasteiger partial charge in [-0.15, -0.1) is 0 Å².